The van der Waals surface area contributed by atoms with Crippen LogP contribution in [0.25, 0.3) is 5.69 Å². The third-order valence-electron chi connectivity index (χ3n) is 6.00. The number of hydrogen-bond acceptors (Lipinski definition) is 6. The van der Waals surface area contributed by atoms with Crippen LogP contribution in [-0.2, 0) is 17.8 Å². The van der Waals surface area contributed by atoms with E-state index in [9.17, 15) is 4.79 Å². The van der Waals surface area contributed by atoms with E-state index >= 15 is 0 Å². The number of ketones is 1. The van der Waals surface area contributed by atoms with Gasteiger partial charge in [0.2, 0.25) is 0 Å². The summed E-state index contributed by atoms with van der Waals surface area (Å²) < 4.78 is 9.44. The second kappa shape index (κ2) is 10.5. The van der Waals surface area contributed by atoms with Crippen molar-refractivity contribution in [2.24, 2.45) is 0 Å². The normalized spacial score (nSPS) is 14.3. The molecule has 4 rings (SSSR count). The minimum Gasteiger partial charge on any atom is -0.383 e. The van der Waals surface area contributed by atoms with E-state index in [4.69, 9.17) is 4.74 Å². The number of aromatic nitrogens is 4. The number of aryl methyl sites for hydroxylation is 1. The summed E-state index contributed by atoms with van der Waals surface area (Å²) in [6.45, 7) is 8.37. The molecule has 1 fully saturated rings. The van der Waals surface area contributed by atoms with Crippen molar-refractivity contribution in [3.05, 3.63) is 59.2 Å². The molecular formula is C24H31N5O2S. The molecule has 0 saturated carbocycles. The summed E-state index contributed by atoms with van der Waals surface area (Å²) in [5, 5.41) is 9.72. The third-order valence-corrected chi connectivity index (χ3v) is 6.93. The number of nitrogens with zero attached hydrogens (tertiary/aromatic N) is 5. The zero-order valence-electron chi connectivity index (χ0n) is 19.1. The standard InChI is InChI=1S/C24H31N5O2S/c1-18-15-21(19(2)28(18)13-14-31-3)22(30)17-32-24-26-25-23(16-27-11-7-8-12-27)29(24)20-9-5-4-6-10-20/h4-6,9-10,15H,7-8,11-14,16-17H2,1-3H3. The van der Waals surface area contributed by atoms with Crippen LogP contribution in [0.2, 0.25) is 0 Å². The molecule has 170 valence electrons. The Morgan fingerprint density at radius 1 is 1.12 bits per heavy atom. The first-order chi connectivity index (χ1) is 15.6. The van der Waals surface area contributed by atoms with Gasteiger partial charge in [-0.1, -0.05) is 30.0 Å². The number of likely N-dealkylation sites (tertiary alicyclic amines) is 1. The minimum atomic E-state index is 0.107. The van der Waals surface area contributed by atoms with Crippen molar-refractivity contribution in [3.63, 3.8) is 0 Å². The lowest BCUT2D eigenvalue weighted by Crippen LogP contribution is -2.21. The van der Waals surface area contributed by atoms with Gasteiger partial charge < -0.3 is 9.30 Å². The van der Waals surface area contributed by atoms with Crippen LogP contribution in [0.15, 0.2) is 41.6 Å². The Morgan fingerprint density at radius 3 is 2.59 bits per heavy atom. The first kappa shape index (κ1) is 22.8. The minimum absolute atomic E-state index is 0.107. The van der Waals surface area contributed by atoms with Gasteiger partial charge >= 0.3 is 0 Å². The van der Waals surface area contributed by atoms with Crippen LogP contribution in [0.4, 0.5) is 0 Å². The van der Waals surface area contributed by atoms with Gasteiger partial charge in [-0.2, -0.15) is 0 Å². The van der Waals surface area contributed by atoms with Crippen LogP contribution in [0.1, 0.15) is 40.4 Å². The monoisotopic (exact) mass is 453 g/mol. The molecule has 7 nitrogen and oxygen atoms in total. The molecule has 2 aromatic heterocycles. The topological polar surface area (TPSA) is 65.2 Å². The third kappa shape index (κ3) is 4.98. The molecule has 1 aliphatic rings. The summed E-state index contributed by atoms with van der Waals surface area (Å²) >= 11 is 1.45. The number of ether oxygens (including phenoxy) is 1. The van der Waals surface area contributed by atoms with E-state index in [1.165, 1.54) is 24.6 Å². The van der Waals surface area contributed by atoms with E-state index < -0.39 is 0 Å². The predicted molar refractivity (Wildman–Crippen MR) is 127 cm³/mol. The molecular weight excluding hydrogens is 422 g/mol. The van der Waals surface area contributed by atoms with Gasteiger partial charge in [0.25, 0.3) is 0 Å². The summed E-state index contributed by atoms with van der Waals surface area (Å²) in [6, 6.07) is 12.1. The van der Waals surface area contributed by atoms with Crippen molar-refractivity contribution in [3.8, 4) is 5.69 Å². The van der Waals surface area contributed by atoms with Gasteiger partial charge in [-0.3, -0.25) is 14.3 Å². The van der Waals surface area contributed by atoms with E-state index in [1.807, 2.05) is 38.1 Å². The largest absolute Gasteiger partial charge is 0.383 e. The Balaban J connectivity index is 1.53. The quantitative estimate of drug-likeness (QED) is 0.343. The highest BCUT2D eigenvalue weighted by atomic mass is 32.2. The lowest BCUT2D eigenvalue weighted by Gasteiger charge is -2.15. The van der Waals surface area contributed by atoms with Crippen LogP contribution >= 0.6 is 11.8 Å². The van der Waals surface area contributed by atoms with Gasteiger partial charge in [0, 0.05) is 36.3 Å². The zero-order chi connectivity index (χ0) is 22.5. The Morgan fingerprint density at radius 2 is 1.88 bits per heavy atom. The number of methoxy groups -OCH3 is 1. The van der Waals surface area contributed by atoms with E-state index in [-0.39, 0.29) is 5.78 Å². The number of thioether (sulfide) groups is 1. The van der Waals surface area contributed by atoms with Crippen molar-refractivity contribution in [1.29, 1.82) is 0 Å². The lowest BCUT2D eigenvalue weighted by molar-refractivity contribution is 0.102. The summed E-state index contributed by atoms with van der Waals surface area (Å²) in [5.41, 5.74) is 3.87. The summed E-state index contributed by atoms with van der Waals surface area (Å²) in [7, 11) is 1.69. The molecule has 32 heavy (non-hydrogen) atoms. The molecule has 1 aromatic carbocycles. The number of Topliss-reactive ketones (excluding diaryl/α,β-unsaturated/α-hetero) is 1. The Bertz CT molecular complexity index is 1050. The second-order valence-electron chi connectivity index (χ2n) is 8.19. The van der Waals surface area contributed by atoms with Crippen molar-refractivity contribution in [1.82, 2.24) is 24.2 Å². The van der Waals surface area contributed by atoms with Gasteiger partial charge in [-0.15, -0.1) is 10.2 Å². The van der Waals surface area contributed by atoms with E-state index in [0.717, 1.165) is 59.8 Å². The maximum atomic E-state index is 13.1. The number of hydrogen-bond donors (Lipinski definition) is 0. The summed E-state index contributed by atoms with van der Waals surface area (Å²) in [4.78, 5) is 15.5. The highest BCUT2D eigenvalue weighted by Gasteiger charge is 2.21. The van der Waals surface area contributed by atoms with Crippen molar-refractivity contribution < 1.29 is 9.53 Å². The first-order valence-electron chi connectivity index (χ1n) is 11.1. The smallest absolute Gasteiger partial charge is 0.196 e. The molecule has 0 aliphatic carbocycles. The molecule has 1 aliphatic heterocycles. The van der Waals surface area contributed by atoms with Crippen LogP contribution in [0.5, 0.6) is 0 Å². The SMILES string of the molecule is COCCn1c(C)cc(C(=O)CSc2nnc(CN3CCCC3)n2-c2ccccc2)c1C. The average molecular weight is 454 g/mol. The van der Waals surface area contributed by atoms with E-state index in [0.29, 0.717) is 12.4 Å². The first-order valence-corrected chi connectivity index (χ1v) is 12.1. The summed E-state index contributed by atoms with van der Waals surface area (Å²) in [5.74, 6) is 1.35. The van der Waals surface area contributed by atoms with Crippen molar-refractivity contribution >= 4 is 17.5 Å². The van der Waals surface area contributed by atoms with Crippen LogP contribution in [0, 0.1) is 13.8 Å². The molecule has 3 aromatic rings. The molecule has 0 unspecified atom stereocenters. The van der Waals surface area contributed by atoms with Crippen LogP contribution < -0.4 is 0 Å². The fourth-order valence-electron chi connectivity index (χ4n) is 4.29. The number of benzene rings is 1. The molecule has 0 amide bonds. The van der Waals surface area contributed by atoms with E-state index in [2.05, 4.69) is 36.4 Å². The molecule has 1 saturated heterocycles. The number of carbonyl (C=O) groups excluding carboxylic acids is 1. The molecule has 3 heterocycles. The van der Waals surface area contributed by atoms with E-state index in [1.54, 1.807) is 7.11 Å². The van der Waals surface area contributed by atoms with Gasteiger partial charge in [-0.25, -0.2) is 0 Å². The van der Waals surface area contributed by atoms with Crippen LogP contribution in [0.3, 0.4) is 0 Å². The van der Waals surface area contributed by atoms with Crippen molar-refractivity contribution in [2.75, 3.05) is 32.6 Å². The molecule has 0 spiro atoms. The Kier molecular flexibility index (Phi) is 7.44. The Hall–Kier alpha value is -2.42. The predicted octanol–water partition coefficient (Wildman–Crippen LogP) is 3.90. The van der Waals surface area contributed by atoms with Gasteiger partial charge in [0.1, 0.15) is 0 Å². The number of rotatable bonds is 10. The molecule has 8 heteroatoms. The second-order valence-corrected chi connectivity index (χ2v) is 9.14. The summed E-state index contributed by atoms with van der Waals surface area (Å²) in [6.07, 6.45) is 2.47. The maximum Gasteiger partial charge on any atom is 0.196 e. The number of carbonyl (C=O) groups is 1. The van der Waals surface area contributed by atoms with Crippen LogP contribution in [-0.4, -0.2) is 62.6 Å². The van der Waals surface area contributed by atoms with Gasteiger partial charge in [0.05, 0.1) is 18.9 Å². The molecule has 0 bridgehead atoms. The maximum absolute atomic E-state index is 13.1. The van der Waals surface area contributed by atoms with Gasteiger partial charge in [-0.05, 0) is 58.0 Å². The van der Waals surface area contributed by atoms with Crippen molar-refractivity contribution in [2.45, 2.75) is 44.9 Å². The average Bonchev–Trinajstić information content (AvgIpc) is 3.52. The highest BCUT2D eigenvalue weighted by Crippen LogP contribution is 2.25. The zero-order valence-corrected chi connectivity index (χ0v) is 19.9. The molecule has 0 radical (unpaired) electrons. The highest BCUT2D eigenvalue weighted by molar-refractivity contribution is 7.99. The molecule has 0 atom stereocenters. The fraction of sp³-hybridized carbons (Fsp3) is 0.458. The molecule has 0 N–H and O–H groups in total. The fourth-order valence-corrected chi connectivity index (χ4v) is 5.15. The number of para-hydroxylation sites is 1. The Labute approximate surface area is 193 Å². The van der Waals surface area contributed by atoms with Gasteiger partial charge in [0.15, 0.2) is 16.8 Å². The lowest BCUT2D eigenvalue weighted by atomic mass is 10.2.